The molecule has 1 heterocycles. The third kappa shape index (κ3) is 7.42. The lowest BCUT2D eigenvalue weighted by atomic mass is 10.1. The lowest BCUT2D eigenvalue weighted by Gasteiger charge is -2.39. The molecule has 6 nitrogen and oxygen atoms in total. The van der Waals surface area contributed by atoms with Crippen molar-refractivity contribution in [1.82, 2.24) is 15.1 Å². The SMILES string of the molecule is CC(C)CN1CCN(C(CN)CNC(=O)OC(C)(C)C)CC1. The van der Waals surface area contributed by atoms with Crippen LogP contribution in [0.25, 0.3) is 0 Å². The molecule has 1 atom stereocenters. The first-order valence-electron chi connectivity index (χ1n) is 8.34. The van der Waals surface area contributed by atoms with Gasteiger partial charge in [0.05, 0.1) is 0 Å². The van der Waals surface area contributed by atoms with E-state index < -0.39 is 5.60 Å². The molecular formula is C16H34N4O2. The number of piperazine rings is 1. The molecule has 3 N–H and O–H groups in total. The average molecular weight is 314 g/mol. The number of hydrogen-bond donors (Lipinski definition) is 2. The number of nitrogens with two attached hydrogens (primary N) is 1. The van der Waals surface area contributed by atoms with Crippen LogP contribution in [-0.2, 0) is 4.74 Å². The smallest absolute Gasteiger partial charge is 0.407 e. The van der Waals surface area contributed by atoms with Crippen LogP contribution in [0.1, 0.15) is 34.6 Å². The number of carbonyl (C=O) groups is 1. The van der Waals surface area contributed by atoms with Crippen molar-refractivity contribution in [1.29, 1.82) is 0 Å². The van der Waals surface area contributed by atoms with Crippen molar-refractivity contribution in [3.63, 3.8) is 0 Å². The minimum atomic E-state index is -0.467. The second kappa shape index (κ2) is 8.70. The third-order valence-corrected chi connectivity index (χ3v) is 3.70. The van der Waals surface area contributed by atoms with Gasteiger partial charge in [-0.25, -0.2) is 4.79 Å². The molecule has 0 aromatic carbocycles. The van der Waals surface area contributed by atoms with Crippen LogP contribution in [0, 0.1) is 5.92 Å². The highest BCUT2D eigenvalue weighted by molar-refractivity contribution is 5.67. The number of carbonyl (C=O) groups excluding carboxylic acids is 1. The summed E-state index contributed by atoms with van der Waals surface area (Å²) in [6.45, 7) is 16.5. The van der Waals surface area contributed by atoms with Crippen LogP contribution in [0.4, 0.5) is 4.79 Å². The Morgan fingerprint density at radius 1 is 1.23 bits per heavy atom. The molecule has 1 rings (SSSR count). The Hall–Kier alpha value is -0.850. The van der Waals surface area contributed by atoms with Gasteiger partial charge in [-0.1, -0.05) is 13.8 Å². The summed E-state index contributed by atoms with van der Waals surface area (Å²) in [7, 11) is 0. The summed E-state index contributed by atoms with van der Waals surface area (Å²) in [6, 6.07) is 0.175. The number of nitrogens with one attached hydrogen (secondary N) is 1. The summed E-state index contributed by atoms with van der Waals surface area (Å²) >= 11 is 0. The molecule has 0 spiro atoms. The van der Waals surface area contributed by atoms with E-state index in [0.29, 0.717) is 19.0 Å². The van der Waals surface area contributed by atoms with Crippen LogP contribution in [-0.4, -0.2) is 73.3 Å². The highest BCUT2D eigenvalue weighted by atomic mass is 16.6. The van der Waals surface area contributed by atoms with Gasteiger partial charge in [0, 0.05) is 51.9 Å². The number of amides is 1. The Bertz CT molecular complexity index is 334. The summed E-state index contributed by atoms with van der Waals surface area (Å²) in [5, 5.41) is 2.83. The number of alkyl carbamates (subject to hydrolysis) is 1. The van der Waals surface area contributed by atoms with Gasteiger partial charge >= 0.3 is 6.09 Å². The molecule has 0 aromatic rings. The largest absolute Gasteiger partial charge is 0.444 e. The molecule has 1 fully saturated rings. The first-order valence-corrected chi connectivity index (χ1v) is 8.34. The number of rotatable bonds is 6. The zero-order valence-corrected chi connectivity index (χ0v) is 14.9. The van der Waals surface area contributed by atoms with E-state index in [9.17, 15) is 4.79 Å². The van der Waals surface area contributed by atoms with Gasteiger partial charge in [0.2, 0.25) is 0 Å². The van der Waals surface area contributed by atoms with Gasteiger partial charge in [-0.15, -0.1) is 0 Å². The summed E-state index contributed by atoms with van der Waals surface area (Å²) in [5.41, 5.74) is 5.42. The second-order valence-electron chi connectivity index (χ2n) is 7.50. The number of ether oxygens (including phenoxy) is 1. The fourth-order valence-corrected chi connectivity index (χ4v) is 2.70. The lowest BCUT2D eigenvalue weighted by Crippen LogP contribution is -2.56. The van der Waals surface area contributed by atoms with Crippen molar-refractivity contribution in [2.24, 2.45) is 11.7 Å². The van der Waals surface area contributed by atoms with Crippen molar-refractivity contribution in [2.75, 3.05) is 45.8 Å². The predicted octanol–water partition coefficient (Wildman–Crippen LogP) is 1.11. The first kappa shape index (κ1) is 19.2. The van der Waals surface area contributed by atoms with E-state index in [4.69, 9.17) is 10.5 Å². The van der Waals surface area contributed by atoms with Crippen LogP contribution >= 0.6 is 0 Å². The number of hydrogen-bond acceptors (Lipinski definition) is 5. The molecular weight excluding hydrogens is 280 g/mol. The van der Waals surface area contributed by atoms with Crippen LogP contribution in [0.15, 0.2) is 0 Å². The fraction of sp³-hybridized carbons (Fsp3) is 0.938. The fourth-order valence-electron chi connectivity index (χ4n) is 2.70. The van der Waals surface area contributed by atoms with Gasteiger partial charge < -0.3 is 20.7 Å². The quantitative estimate of drug-likeness (QED) is 0.768. The second-order valence-corrected chi connectivity index (χ2v) is 7.50. The summed E-state index contributed by atoms with van der Waals surface area (Å²) < 4.78 is 5.26. The third-order valence-electron chi connectivity index (χ3n) is 3.70. The van der Waals surface area contributed by atoms with Crippen LogP contribution < -0.4 is 11.1 Å². The maximum atomic E-state index is 11.7. The standard InChI is InChI=1S/C16H34N4O2/c1-13(2)12-19-6-8-20(9-7-19)14(10-17)11-18-15(21)22-16(3,4)5/h13-14H,6-12,17H2,1-5H3,(H,18,21). The zero-order chi connectivity index (χ0) is 16.8. The predicted molar refractivity (Wildman–Crippen MR) is 89.9 cm³/mol. The molecule has 1 aliphatic heterocycles. The van der Waals surface area contributed by atoms with E-state index in [1.54, 1.807) is 0 Å². The van der Waals surface area contributed by atoms with E-state index >= 15 is 0 Å². The van der Waals surface area contributed by atoms with Gasteiger partial charge in [-0.05, 0) is 26.7 Å². The Kier molecular flexibility index (Phi) is 7.59. The van der Waals surface area contributed by atoms with E-state index in [-0.39, 0.29) is 12.1 Å². The van der Waals surface area contributed by atoms with E-state index in [0.717, 1.165) is 32.7 Å². The molecule has 1 aliphatic rings. The van der Waals surface area contributed by atoms with E-state index in [2.05, 4.69) is 29.0 Å². The Morgan fingerprint density at radius 2 is 1.82 bits per heavy atom. The zero-order valence-electron chi connectivity index (χ0n) is 14.9. The lowest BCUT2D eigenvalue weighted by molar-refractivity contribution is 0.0484. The Balaban J connectivity index is 2.35. The Labute approximate surface area is 135 Å². The first-order chi connectivity index (χ1) is 10.2. The van der Waals surface area contributed by atoms with E-state index in [1.807, 2.05) is 20.8 Å². The maximum absolute atomic E-state index is 11.7. The average Bonchev–Trinajstić information content (AvgIpc) is 2.38. The molecule has 0 bridgehead atoms. The summed E-state index contributed by atoms with van der Waals surface area (Å²) in [4.78, 5) is 16.6. The van der Waals surface area contributed by atoms with Gasteiger partial charge in [0.1, 0.15) is 5.60 Å². The molecule has 1 saturated heterocycles. The monoisotopic (exact) mass is 314 g/mol. The number of nitrogens with zero attached hydrogens (tertiary/aromatic N) is 2. The van der Waals surface area contributed by atoms with Crippen molar-refractivity contribution in [2.45, 2.75) is 46.3 Å². The highest BCUT2D eigenvalue weighted by Crippen LogP contribution is 2.09. The van der Waals surface area contributed by atoms with Crippen LogP contribution in [0.5, 0.6) is 0 Å². The minimum Gasteiger partial charge on any atom is -0.444 e. The molecule has 0 aromatic heterocycles. The molecule has 130 valence electrons. The maximum Gasteiger partial charge on any atom is 0.407 e. The molecule has 1 unspecified atom stereocenters. The normalized spacial score (nSPS) is 19.2. The van der Waals surface area contributed by atoms with Crippen molar-refractivity contribution in [3.8, 4) is 0 Å². The highest BCUT2D eigenvalue weighted by Gasteiger charge is 2.24. The van der Waals surface area contributed by atoms with Crippen LogP contribution in [0.3, 0.4) is 0 Å². The summed E-state index contributed by atoms with van der Waals surface area (Å²) in [6.07, 6.45) is -0.371. The molecule has 1 amide bonds. The molecule has 0 aliphatic carbocycles. The molecule has 6 heteroatoms. The van der Waals surface area contributed by atoms with Gasteiger partial charge in [-0.2, -0.15) is 0 Å². The van der Waals surface area contributed by atoms with Crippen molar-refractivity contribution < 1.29 is 9.53 Å². The van der Waals surface area contributed by atoms with Gasteiger partial charge in [0.15, 0.2) is 0 Å². The van der Waals surface area contributed by atoms with Gasteiger partial charge in [0.25, 0.3) is 0 Å². The Morgan fingerprint density at radius 3 is 2.27 bits per heavy atom. The van der Waals surface area contributed by atoms with Gasteiger partial charge in [-0.3, -0.25) is 4.90 Å². The van der Waals surface area contributed by atoms with Crippen LogP contribution in [0.2, 0.25) is 0 Å². The topological polar surface area (TPSA) is 70.8 Å². The molecule has 0 radical (unpaired) electrons. The molecule has 22 heavy (non-hydrogen) atoms. The summed E-state index contributed by atoms with van der Waals surface area (Å²) in [5.74, 6) is 0.700. The van der Waals surface area contributed by atoms with Crippen molar-refractivity contribution in [3.05, 3.63) is 0 Å². The van der Waals surface area contributed by atoms with E-state index in [1.165, 1.54) is 0 Å². The van der Waals surface area contributed by atoms with Crippen molar-refractivity contribution >= 4 is 6.09 Å². The minimum absolute atomic E-state index is 0.175. The molecule has 0 saturated carbocycles.